The number of halogens is 2. The molecular formula is C14H13FIN3S. The minimum absolute atomic E-state index is 0.133. The Bertz CT molecular complexity index is 751. The summed E-state index contributed by atoms with van der Waals surface area (Å²) in [7, 11) is 0. The third-order valence-corrected chi connectivity index (χ3v) is 4.87. The van der Waals surface area contributed by atoms with Crippen LogP contribution in [-0.4, -0.2) is 9.55 Å². The van der Waals surface area contributed by atoms with Crippen molar-refractivity contribution >= 4 is 50.9 Å². The van der Waals surface area contributed by atoms with Crippen LogP contribution in [0.25, 0.3) is 11.0 Å². The predicted molar refractivity (Wildman–Crippen MR) is 89.6 cm³/mol. The maximum absolute atomic E-state index is 13.8. The topological polar surface area (TPSA) is 43.8 Å². The number of thiophene rings is 1. The molecule has 6 heteroatoms. The molecule has 1 aromatic carbocycles. The summed E-state index contributed by atoms with van der Waals surface area (Å²) in [5.74, 6) is 0.200. The Morgan fingerprint density at radius 3 is 3.00 bits per heavy atom. The van der Waals surface area contributed by atoms with Crippen molar-refractivity contribution in [3.05, 3.63) is 43.9 Å². The van der Waals surface area contributed by atoms with E-state index in [1.165, 1.54) is 11.6 Å². The number of hydrogen-bond donors (Lipinski definition) is 1. The van der Waals surface area contributed by atoms with Crippen molar-refractivity contribution < 1.29 is 4.39 Å². The van der Waals surface area contributed by atoms with Crippen molar-refractivity contribution in [2.24, 2.45) is 0 Å². The van der Waals surface area contributed by atoms with Crippen molar-refractivity contribution in [2.75, 3.05) is 5.73 Å². The van der Waals surface area contributed by atoms with Crippen LogP contribution in [0, 0.1) is 9.39 Å². The molecule has 0 aliphatic heterocycles. The van der Waals surface area contributed by atoms with Gasteiger partial charge in [-0.25, -0.2) is 9.37 Å². The summed E-state index contributed by atoms with van der Waals surface area (Å²) in [6, 6.07) is 5.48. The van der Waals surface area contributed by atoms with Gasteiger partial charge in [0.05, 0.1) is 14.6 Å². The summed E-state index contributed by atoms with van der Waals surface area (Å²) in [5.41, 5.74) is 8.77. The number of aromatic nitrogens is 2. The van der Waals surface area contributed by atoms with Gasteiger partial charge in [0.15, 0.2) is 0 Å². The standard InChI is InChI=1S/C14H13FIN3S/c1-8(4-9-2-3-20-7-9)19-13-5-10(15)11(16)6-12(13)18-14(19)17/h2-3,5-8H,4H2,1H3,(H2,17,18). The largest absolute Gasteiger partial charge is 0.369 e. The maximum atomic E-state index is 13.8. The average molecular weight is 401 g/mol. The summed E-state index contributed by atoms with van der Waals surface area (Å²) in [5, 5.41) is 4.18. The Morgan fingerprint density at radius 2 is 2.30 bits per heavy atom. The van der Waals surface area contributed by atoms with Gasteiger partial charge in [-0.15, -0.1) is 0 Å². The highest BCUT2D eigenvalue weighted by atomic mass is 127. The molecule has 1 atom stereocenters. The first-order chi connectivity index (χ1) is 9.56. The number of fused-ring (bicyclic) bond motifs is 1. The number of nitrogens with zero attached hydrogens (tertiary/aromatic N) is 2. The van der Waals surface area contributed by atoms with E-state index in [1.807, 2.05) is 27.2 Å². The zero-order valence-corrected chi connectivity index (χ0v) is 13.8. The normalized spacial score (nSPS) is 12.9. The molecule has 0 aliphatic carbocycles. The van der Waals surface area contributed by atoms with Gasteiger partial charge in [-0.2, -0.15) is 11.3 Å². The maximum Gasteiger partial charge on any atom is 0.201 e. The first-order valence-corrected chi connectivity index (χ1v) is 8.22. The van der Waals surface area contributed by atoms with E-state index in [2.05, 4.69) is 28.7 Å². The van der Waals surface area contributed by atoms with Crippen LogP contribution < -0.4 is 5.73 Å². The fourth-order valence-corrected chi connectivity index (χ4v) is 3.55. The van der Waals surface area contributed by atoms with E-state index in [4.69, 9.17) is 5.73 Å². The highest BCUT2D eigenvalue weighted by Crippen LogP contribution is 2.28. The molecule has 3 rings (SSSR count). The molecule has 0 bridgehead atoms. The van der Waals surface area contributed by atoms with E-state index >= 15 is 0 Å². The van der Waals surface area contributed by atoms with E-state index < -0.39 is 0 Å². The zero-order valence-electron chi connectivity index (χ0n) is 10.8. The molecule has 2 heterocycles. The SMILES string of the molecule is CC(Cc1ccsc1)n1c(N)nc2cc(I)c(F)cc21. The lowest BCUT2D eigenvalue weighted by atomic mass is 10.1. The van der Waals surface area contributed by atoms with Gasteiger partial charge in [0.1, 0.15) is 5.82 Å². The molecular weight excluding hydrogens is 388 g/mol. The number of hydrogen-bond acceptors (Lipinski definition) is 3. The van der Waals surface area contributed by atoms with E-state index in [0.717, 1.165) is 17.5 Å². The van der Waals surface area contributed by atoms with Crippen molar-refractivity contribution in [3.63, 3.8) is 0 Å². The Hall–Kier alpha value is -1.15. The third kappa shape index (κ3) is 2.42. The lowest BCUT2D eigenvalue weighted by Crippen LogP contribution is -2.11. The van der Waals surface area contributed by atoms with Gasteiger partial charge in [-0.05, 0) is 64.4 Å². The minimum Gasteiger partial charge on any atom is -0.369 e. The second-order valence-corrected chi connectivity index (χ2v) is 6.72. The first kappa shape index (κ1) is 13.8. The Morgan fingerprint density at radius 1 is 1.50 bits per heavy atom. The van der Waals surface area contributed by atoms with Crippen LogP contribution in [0.5, 0.6) is 0 Å². The van der Waals surface area contributed by atoms with Crippen molar-refractivity contribution in [1.82, 2.24) is 9.55 Å². The fourth-order valence-electron chi connectivity index (χ4n) is 2.41. The number of rotatable bonds is 3. The van der Waals surface area contributed by atoms with Gasteiger partial charge < -0.3 is 10.3 Å². The van der Waals surface area contributed by atoms with Crippen LogP contribution in [0.1, 0.15) is 18.5 Å². The molecule has 2 N–H and O–H groups in total. The van der Waals surface area contributed by atoms with Gasteiger partial charge in [0, 0.05) is 12.1 Å². The minimum atomic E-state index is -0.234. The van der Waals surface area contributed by atoms with Crippen LogP contribution in [0.2, 0.25) is 0 Å². The third-order valence-electron chi connectivity index (χ3n) is 3.31. The first-order valence-electron chi connectivity index (χ1n) is 6.20. The van der Waals surface area contributed by atoms with Crippen LogP contribution in [-0.2, 0) is 6.42 Å². The van der Waals surface area contributed by atoms with Gasteiger partial charge in [0.25, 0.3) is 0 Å². The highest BCUT2D eigenvalue weighted by molar-refractivity contribution is 14.1. The van der Waals surface area contributed by atoms with Crippen molar-refractivity contribution in [3.8, 4) is 0 Å². The molecule has 2 aromatic heterocycles. The molecule has 3 aromatic rings. The summed E-state index contributed by atoms with van der Waals surface area (Å²) >= 11 is 3.64. The van der Waals surface area contributed by atoms with Gasteiger partial charge in [-0.1, -0.05) is 0 Å². The Balaban J connectivity index is 2.06. The van der Waals surface area contributed by atoms with Gasteiger partial charge in [-0.3, -0.25) is 0 Å². The predicted octanol–water partition coefficient (Wildman–Crippen LogP) is 4.23. The number of nitrogens with two attached hydrogens (primary N) is 1. The molecule has 0 saturated heterocycles. The highest BCUT2D eigenvalue weighted by Gasteiger charge is 2.16. The summed E-state index contributed by atoms with van der Waals surface area (Å²) in [6.45, 7) is 2.07. The second-order valence-electron chi connectivity index (χ2n) is 4.78. The van der Waals surface area contributed by atoms with E-state index in [1.54, 1.807) is 17.4 Å². The van der Waals surface area contributed by atoms with Crippen LogP contribution >= 0.6 is 33.9 Å². The number of imidazole rings is 1. The molecule has 1 unspecified atom stereocenters. The van der Waals surface area contributed by atoms with Crippen LogP contribution in [0.15, 0.2) is 29.0 Å². The van der Waals surface area contributed by atoms with Gasteiger partial charge in [0.2, 0.25) is 5.95 Å². The molecule has 104 valence electrons. The van der Waals surface area contributed by atoms with Crippen LogP contribution in [0.4, 0.5) is 10.3 Å². The monoisotopic (exact) mass is 401 g/mol. The Labute approximate surface area is 133 Å². The lowest BCUT2D eigenvalue weighted by molar-refractivity contribution is 0.565. The van der Waals surface area contributed by atoms with Crippen molar-refractivity contribution in [1.29, 1.82) is 0 Å². The molecule has 0 saturated carbocycles. The lowest BCUT2D eigenvalue weighted by Gasteiger charge is -2.15. The quantitative estimate of drug-likeness (QED) is 0.668. The zero-order chi connectivity index (χ0) is 14.3. The van der Waals surface area contributed by atoms with E-state index in [0.29, 0.717) is 9.52 Å². The summed E-state index contributed by atoms with van der Waals surface area (Å²) < 4.78 is 16.3. The summed E-state index contributed by atoms with van der Waals surface area (Å²) in [6.07, 6.45) is 0.854. The second kappa shape index (κ2) is 5.33. The number of benzene rings is 1. The molecule has 0 spiro atoms. The number of anilines is 1. The van der Waals surface area contributed by atoms with Crippen LogP contribution in [0.3, 0.4) is 0 Å². The van der Waals surface area contributed by atoms with Gasteiger partial charge >= 0.3 is 0 Å². The average Bonchev–Trinajstić information content (AvgIpc) is 2.97. The molecule has 20 heavy (non-hydrogen) atoms. The van der Waals surface area contributed by atoms with E-state index in [9.17, 15) is 4.39 Å². The summed E-state index contributed by atoms with van der Waals surface area (Å²) in [4.78, 5) is 4.34. The van der Waals surface area contributed by atoms with E-state index in [-0.39, 0.29) is 11.9 Å². The number of nitrogen functional groups attached to an aromatic ring is 1. The Kier molecular flexibility index (Phi) is 3.68. The van der Waals surface area contributed by atoms with Crippen molar-refractivity contribution in [2.45, 2.75) is 19.4 Å². The molecule has 0 amide bonds. The smallest absolute Gasteiger partial charge is 0.201 e. The molecule has 0 aliphatic rings. The molecule has 0 radical (unpaired) electrons. The molecule has 3 nitrogen and oxygen atoms in total. The molecule has 0 fully saturated rings. The fraction of sp³-hybridized carbons (Fsp3) is 0.214.